The van der Waals surface area contributed by atoms with Crippen molar-refractivity contribution in [1.29, 1.82) is 0 Å². The van der Waals surface area contributed by atoms with Crippen LogP contribution in [0.4, 0.5) is 14.5 Å². The number of nitrogens with zero attached hydrogens (tertiary/aromatic N) is 3. The maximum atomic E-state index is 14.3. The summed E-state index contributed by atoms with van der Waals surface area (Å²) in [5, 5.41) is 0. The van der Waals surface area contributed by atoms with Crippen LogP contribution < -0.4 is 9.64 Å². The van der Waals surface area contributed by atoms with Crippen molar-refractivity contribution in [3.8, 4) is 5.75 Å². The van der Waals surface area contributed by atoms with Crippen molar-refractivity contribution in [3.63, 3.8) is 0 Å². The van der Waals surface area contributed by atoms with Crippen LogP contribution in [-0.2, 0) is 4.79 Å². The molecule has 0 spiro atoms. The van der Waals surface area contributed by atoms with Gasteiger partial charge < -0.3 is 9.64 Å². The number of amides is 1. The zero-order valence-corrected chi connectivity index (χ0v) is 21.0. The molecule has 0 saturated carbocycles. The smallest absolute Gasteiger partial charge is 0.241 e. The molecule has 0 aromatic heterocycles. The van der Waals surface area contributed by atoms with Crippen LogP contribution in [-0.4, -0.2) is 68.1 Å². The number of hydrogen-bond acceptors (Lipinski definition) is 4. The quantitative estimate of drug-likeness (QED) is 0.457. The van der Waals surface area contributed by atoms with Gasteiger partial charge in [-0.2, -0.15) is 0 Å². The normalized spacial score (nSPS) is 18.8. The van der Waals surface area contributed by atoms with Crippen molar-refractivity contribution >= 4 is 11.6 Å². The van der Waals surface area contributed by atoms with Crippen LogP contribution in [0, 0.1) is 11.6 Å². The van der Waals surface area contributed by atoms with Crippen molar-refractivity contribution in [2.75, 3.05) is 57.3 Å². The first kappa shape index (κ1) is 25.4. The minimum absolute atomic E-state index is 0.00403. The third-order valence-electron chi connectivity index (χ3n) is 7.35. The summed E-state index contributed by atoms with van der Waals surface area (Å²) in [5.41, 5.74) is 2.53. The molecular formula is C30H33F2N3O2. The summed E-state index contributed by atoms with van der Waals surface area (Å²) < 4.78 is 33.7. The molecule has 0 aliphatic carbocycles. The Morgan fingerprint density at radius 2 is 1.54 bits per heavy atom. The number of para-hydroxylation sites is 1. The fourth-order valence-corrected chi connectivity index (χ4v) is 5.33. The Hall–Kier alpha value is -3.29. The largest absolute Gasteiger partial charge is 0.492 e. The van der Waals surface area contributed by atoms with E-state index < -0.39 is 0 Å². The molecule has 1 atom stereocenters. The zero-order valence-electron chi connectivity index (χ0n) is 21.0. The summed E-state index contributed by atoms with van der Waals surface area (Å²) >= 11 is 0. The Morgan fingerprint density at radius 3 is 2.30 bits per heavy atom. The average molecular weight is 506 g/mol. The van der Waals surface area contributed by atoms with Gasteiger partial charge in [0.25, 0.3) is 0 Å². The minimum Gasteiger partial charge on any atom is -0.492 e. The Balaban J connectivity index is 1.19. The molecule has 0 N–H and O–H groups in total. The Labute approximate surface area is 217 Å². The van der Waals surface area contributed by atoms with Gasteiger partial charge in [0.05, 0.1) is 12.2 Å². The van der Waals surface area contributed by atoms with Gasteiger partial charge in [0, 0.05) is 45.2 Å². The Bertz CT molecular complexity index is 1180. The second kappa shape index (κ2) is 11.8. The van der Waals surface area contributed by atoms with E-state index in [0.717, 1.165) is 62.4 Å². The zero-order chi connectivity index (χ0) is 25.6. The summed E-state index contributed by atoms with van der Waals surface area (Å²) in [6.07, 6.45) is 1.61. The van der Waals surface area contributed by atoms with Gasteiger partial charge in [-0.1, -0.05) is 36.4 Å². The summed E-state index contributed by atoms with van der Waals surface area (Å²) in [6.45, 7) is 5.70. The topological polar surface area (TPSA) is 36.0 Å². The Morgan fingerprint density at radius 1 is 0.838 bits per heavy atom. The first-order valence-electron chi connectivity index (χ1n) is 13.0. The maximum Gasteiger partial charge on any atom is 0.241 e. The minimum atomic E-state index is -0.359. The number of anilines is 1. The number of fused-ring (bicyclic) bond motifs is 1. The van der Waals surface area contributed by atoms with E-state index in [1.165, 1.54) is 24.3 Å². The number of carbonyl (C=O) groups is 1. The van der Waals surface area contributed by atoms with E-state index >= 15 is 0 Å². The van der Waals surface area contributed by atoms with Crippen LogP contribution in [0.2, 0.25) is 0 Å². The predicted octanol–water partition coefficient (Wildman–Crippen LogP) is 4.92. The van der Waals surface area contributed by atoms with Gasteiger partial charge in [0.15, 0.2) is 0 Å². The first-order valence-corrected chi connectivity index (χ1v) is 13.0. The lowest BCUT2D eigenvalue weighted by Gasteiger charge is -2.35. The molecule has 0 radical (unpaired) electrons. The number of benzene rings is 3. The molecule has 37 heavy (non-hydrogen) atoms. The first-order chi connectivity index (χ1) is 18.1. The van der Waals surface area contributed by atoms with Gasteiger partial charge in [-0.15, -0.1) is 0 Å². The molecule has 7 heteroatoms. The third-order valence-corrected chi connectivity index (χ3v) is 7.35. The molecule has 2 aliphatic rings. The van der Waals surface area contributed by atoms with E-state index in [-0.39, 0.29) is 23.5 Å². The van der Waals surface area contributed by atoms with Crippen LogP contribution in [0.3, 0.4) is 0 Å². The highest BCUT2D eigenvalue weighted by atomic mass is 19.1. The summed E-state index contributed by atoms with van der Waals surface area (Å²) in [6, 6.07) is 21.0. The number of carbonyl (C=O) groups excluding carboxylic acids is 1. The summed E-state index contributed by atoms with van der Waals surface area (Å²) in [7, 11) is 0. The molecule has 5 rings (SSSR count). The maximum absolute atomic E-state index is 14.3. The standard InChI is InChI=1S/C30H33F2N3O2/c31-24-10-8-23(9-11-24)27-7-4-14-35(29-21-25(32)12-13-28(27)29)30(36)22-34-17-15-33(16-18-34)19-20-37-26-5-2-1-3-6-26/h1-3,5-6,8-13,21,27H,4,7,14-20,22H2. The van der Waals surface area contributed by atoms with E-state index in [0.29, 0.717) is 25.4 Å². The van der Waals surface area contributed by atoms with E-state index in [1.807, 2.05) is 30.3 Å². The highest BCUT2D eigenvalue weighted by molar-refractivity contribution is 5.96. The van der Waals surface area contributed by atoms with E-state index in [2.05, 4.69) is 9.80 Å². The second-order valence-electron chi connectivity index (χ2n) is 9.77. The van der Waals surface area contributed by atoms with Crippen LogP contribution >= 0.6 is 0 Å². The molecule has 1 saturated heterocycles. The summed E-state index contributed by atoms with van der Waals surface area (Å²) in [5.74, 6) is 0.227. The van der Waals surface area contributed by atoms with Crippen molar-refractivity contribution in [2.24, 2.45) is 0 Å². The molecule has 0 bridgehead atoms. The van der Waals surface area contributed by atoms with Crippen LogP contribution in [0.1, 0.15) is 29.9 Å². The average Bonchev–Trinajstić information content (AvgIpc) is 3.10. The highest BCUT2D eigenvalue weighted by Gasteiger charge is 2.29. The Kier molecular flexibility index (Phi) is 8.12. The number of piperazine rings is 1. The summed E-state index contributed by atoms with van der Waals surface area (Å²) in [4.78, 5) is 19.8. The van der Waals surface area contributed by atoms with Gasteiger partial charge in [-0.25, -0.2) is 8.78 Å². The molecule has 1 amide bonds. The molecule has 3 aromatic carbocycles. The molecule has 194 valence electrons. The third kappa shape index (κ3) is 6.35. The van der Waals surface area contributed by atoms with Crippen LogP contribution in [0.15, 0.2) is 72.8 Å². The van der Waals surface area contributed by atoms with Crippen molar-refractivity contribution < 1.29 is 18.3 Å². The molecule has 1 fully saturated rings. The number of ether oxygens (including phenoxy) is 1. The van der Waals surface area contributed by atoms with Crippen molar-refractivity contribution in [3.05, 3.63) is 95.6 Å². The fraction of sp³-hybridized carbons (Fsp3) is 0.367. The SMILES string of the molecule is O=C(CN1CCN(CCOc2ccccc2)CC1)N1CCCC(c2ccc(F)cc2)c2ccc(F)cc21. The van der Waals surface area contributed by atoms with Crippen LogP contribution in [0.25, 0.3) is 0 Å². The van der Waals surface area contributed by atoms with Crippen molar-refractivity contribution in [1.82, 2.24) is 9.80 Å². The lowest BCUT2D eigenvalue weighted by atomic mass is 9.87. The monoisotopic (exact) mass is 505 g/mol. The predicted molar refractivity (Wildman–Crippen MR) is 141 cm³/mol. The second-order valence-corrected chi connectivity index (χ2v) is 9.77. The fourth-order valence-electron chi connectivity index (χ4n) is 5.33. The lowest BCUT2D eigenvalue weighted by molar-refractivity contribution is -0.120. The van der Waals surface area contributed by atoms with Gasteiger partial charge in [-0.3, -0.25) is 14.6 Å². The molecule has 5 nitrogen and oxygen atoms in total. The number of hydrogen-bond donors (Lipinski definition) is 0. The van der Waals surface area contributed by atoms with Crippen LogP contribution in [0.5, 0.6) is 5.75 Å². The number of rotatable bonds is 7. The van der Waals surface area contributed by atoms with E-state index in [1.54, 1.807) is 23.1 Å². The number of halogens is 2. The molecule has 2 aliphatic heterocycles. The van der Waals surface area contributed by atoms with Gasteiger partial charge in [0.2, 0.25) is 5.91 Å². The van der Waals surface area contributed by atoms with E-state index in [9.17, 15) is 13.6 Å². The van der Waals surface area contributed by atoms with Gasteiger partial charge in [-0.05, 0) is 60.4 Å². The highest BCUT2D eigenvalue weighted by Crippen LogP contribution is 2.39. The van der Waals surface area contributed by atoms with Gasteiger partial charge in [0.1, 0.15) is 24.0 Å². The molecule has 3 aromatic rings. The lowest BCUT2D eigenvalue weighted by Crippen LogP contribution is -2.51. The van der Waals surface area contributed by atoms with E-state index in [4.69, 9.17) is 4.74 Å². The molecule has 1 unspecified atom stereocenters. The van der Waals surface area contributed by atoms with Crippen molar-refractivity contribution in [2.45, 2.75) is 18.8 Å². The molecule has 2 heterocycles. The molecular weight excluding hydrogens is 472 g/mol. The van der Waals surface area contributed by atoms with Gasteiger partial charge >= 0.3 is 0 Å².